The maximum absolute atomic E-state index is 13.9. The number of hydrogen-bond acceptors (Lipinski definition) is 6. The summed E-state index contributed by atoms with van der Waals surface area (Å²) in [5, 5.41) is 3.65. The number of amides is 1. The van der Waals surface area contributed by atoms with Crippen molar-refractivity contribution in [3.63, 3.8) is 0 Å². The number of carbonyl (C=O) groups excluding carboxylic acids is 1. The highest BCUT2D eigenvalue weighted by atomic mass is 35.5. The zero-order chi connectivity index (χ0) is 21.3. The lowest BCUT2D eigenvalue weighted by Crippen LogP contribution is -2.32. The second kappa shape index (κ2) is 7.76. The van der Waals surface area contributed by atoms with Gasteiger partial charge >= 0.3 is 5.91 Å². The minimum atomic E-state index is -4.40. The Balaban J connectivity index is 1.95. The van der Waals surface area contributed by atoms with Crippen LogP contribution in [0.25, 0.3) is 11.4 Å². The Labute approximate surface area is 169 Å². The third kappa shape index (κ3) is 4.05. The minimum Gasteiger partial charge on any atom is -0.497 e. The Bertz CT molecular complexity index is 1190. The average Bonchev–Trinajstić information content (AvgIpc) is 3.03. The van der Waals surface area contributed by atoms with Crippen LogP contribution in [-0.4, -0.2) is 36.2 Å². The first-order chi connectivity index (χ1) is 13.6. The van der Waals surface area contributed by atoms with Gasteiger partial charge in [-0.2, -0.15) is 5.10 Å². The van der Waals surface area contributed by atoms with Gasteiger partial charge in [-0.25, -0.2) is 31.6 Å². The number of nitrogens with zero attached hydrogens (tertiary/aromatic N) is 3. The number of aromatic nitrogens is 3. The van der Waals surface area contributed by atoms with Gasteiger partial charge in [-0.15, -0.1) is 0 Å². The Hall–Kier alpha value is -3.05. The van der Waals surface area contributed by atoms with Crippen LogP contribution < -0.4 is 9.46 Å². The predicted octanol–water partition coefficient (Wildman–Crippen LogP) is 2.54. The van der Waals surface area contributed by atoms with Gasteiger partial charge in [0, 0.05) is 13.1 Å². The van der Waals surface area contributed by atoms with Gasteiger partial charge in [0.25, 0.3) is 10.0 Å². The molecule has 0 bridgehead atoms. The quantitative estimate of drug-likeness (QED) is 0.651. The van der Waals surface area contributed by atoms with Crippen molar-refractivity contribution in [2.45, 2.75) is 4.90 Å². The molecule has 0 atom stereocenters. The highest BCUT2D eigenvalue weighted by Crippen LogP contribution is 2.26. The van der Waals surface area contributed by atoms with Crippen LogP contribution in [0.1, 0.15) is 10.6 Å². The largest absolute Gasteiger partial charge is 0.497 e. The molecule has 12 heteroatoms. The zero-order valence-corrected chi connectivity index (χ0v) is 16.6. The Kier molecular flexibility index (Phi) is 5.53. The predicted molar refractivity (Wildman–Crippen MR) is 99.0 cm³/mol. The Morgan fingerprint density at radius 2 is 1.86 bits per heavy atom. The first-order valence-corrected chi connectivity index (χ1v) is 9.76. The van der Waals surface area contributed by atoms with E-state index in [0.717, 1.165) is 28.9 Å². The minimum absolute atomic E-state index is 0.141. The zero-order valence-electron chi connectivity index (χ0n) is 15.0. The molecule has 1 heterocycles. The third-order valence-corrected chi connectivity index (χ3v) is 5.62. The molecule has 0 saturated carbocycles. The van der Waals surface area contributed by atoms with Crippen LogP contribution in [0.15, 0.2) is 41.3 Å². The van der Waals surface area contributed by atoms with Crippen molar-refractivity contribution in [1.82, 2.24) is 19.5 Å². The van der Waals surface area contributed by atoms with E-state index in [1.54, 1.807) is 4.72 Å². The molecule has 0 aliphatic rings. The number of halogens is 3. The van der Waals surface area contributed by atoms with E-state index in [4.69, 9.17) is 16.3 Å². The molecule has 0 aliphatic carbocycles. The fourth-order valence-corrected chi connectivity index (χ4v) is 3.90. The number of aryl methyl sites for hydroxylation is 1. The standard InChI is InChI=1S/C17H13ClF2N4O4S/c1-24-16(21-15(22-24)14-11(19)4-3-5-12(14)20)17(25)23-29(26,27)13-8-9(28-2)6-7-10(13)18/h3-8H,1-2H3,(H,23,25). The first-order valence-electron chi connectivity index (χ1n) is 7.90. The van der Waals surface area contributed by atoms with Crippen LogP contribution in [0.5, 0.6) is 5.75 Å². The van der Waals surface area contributed by atoms with Crippen LogP contribution >= 0.6 is 11.6 Å². The lowest BCUT2D eigenvalue weighted by molar-refractivity contribution is 0.0967. The molecule has 1 aromatic heterocycles. The van der Waals surface area contributed by atoms with Crippen LogP contribution in [0.4, 0.5) is 8.78 Å². The highest BCUT2D eigenvalue weighted by Gasteiger charge is 2.26. The number of methoxy groups -OCH3 is 1. The van der Waals surface area contributed by atoms with Gasteiger partial charge < -0.3 is 4.74 Å². The molecular weight excluding hydrogens is 430 g/mol. The van der Waals surface area contributed by atoms with E-state index in [1.165, 1.54) is 26.3 Å². The fraction of sp³-hybridized carbons (Fsp3) is 0.118. The number of nitrogens with one attached hydrogen (secondary N) is 1. The van der Waals surface area contributed by atoms with Gasteiger partial charge in [0.15, 0.2) is 5.82 Å². The van der Waals surface area contributed by atoms with Crippen molar-refractivity contribution >= 4 is 27.5 Å². The lowest BCUT2D eigenvalue weighted by atomic mass is 10.2. The normalized spacial score (nSPS) is 11.3. The molecule has 2 aromatic carbocycles. The summed E-state index contributed by atoms with van der Waals surface area (Å²) in [7, 11) is -1.79. The summed E-state index contributed by atoms with van der Waals surface area (Å²) in [6.07, 6.45) is 0. The monoisotopic (exact) mass is 442 g/mol. The SMILES string of the molecule is COc1ccc(Cl)c(S(=O)(=O)NC(=O)c2nc(-c3c(F)cccc3F)nn2C)c1. The first kappa shape index (κ1) is 20.7. The van der Waals surface area contributed by atoms with E-state index in [2.05, 4.69) is 10.1 Å². The second-order valence-corrected chi connectivity index (χ2v) is 7.77. The molecule has 0 saturated heterocycles. The van der Waals surface area contributed by atoms with Gasteiger partial charge in [0.05, 0.1) is 17.7 Å². The van der Waals surface area contributed by atoms with E-state index in [-0.39, 0.29) is 10.8 Å². The maximum atomic E-state index is 13.9. The van der Waals surface area contributed by atoms with Gasteiger partial charge in [0.2, 0.25) is 5.82 Å². The molecule has 152 valence electrons. The molecule has 0 spiro atoms. The molecule has 0 aliphatic heterocycles. The second-order valence-electron chi connectivity index (χ2n) is 5.71. The molecule has 3 rings (SSSR count). The van der Waals surface area contributed by atoms with Gasteiger partial charge in [-0.05, 0) is 24.3 Å². The van der Waals surface area contributed by atoms with E-state index >= 15 is 0 Å². The number of sulfonamides is 1. The number of hydrogen-bond donors (Lipinski definition) is 1. The van der Waals surface area contributed by atoms with Crippen LogP contribution in [0, 0.1) is 11.6 Å². The van der Waals surface area contributed by atoms with Gasteiger partial charge in [-0.1, -0.05) is 17.7 Å². The summed E-state index contributed by atoms with van der Waals surface area (Å²) in [6.45, 7) is 0. The van der Waals surface area contributed by atoms with E-state index < -0.39 is 49.7 Å². The summed E-state index contributed by atoms with van der Waals surface area (Å²) < 4.78 is 60.6. The van der Waals surface area contributed by atoms with Crippen molar-refractivity contribution in [1.29, 1.82) is 0 Å². The molecule has 0 radical (unpaired) electrons. The summed E-state index contributed by atoms with van der Waals surface area (Å²) >= 11 is 5.91. The lowest BCUT2D eigenvalue weighted by Gasteiger charge is -2.09. The number of ether oxygens (including phenoxy) is 1. The summed E-state index contributed by atoms with van der Waals surface area (Å²) in [4.78, 5) is 15.8. The highest BCUT2D eigenvalue weighted by molar-refractivity contribution is 7.90. The molecule has 29 heavy (non-hydrogen) atoms. The van der Waals surface area contributed by atoms with E-state index in [0.29, 0.717) is 0 Å². The van der Waals surface area contributed by atoms with Crippen molar-refractivity contribution in [3.05, 3.63) is 58.9 Å². The molecular formula is C17H13ClF2N4O4S. The molecule has 1 amide bonds. The maximum Gasteiger partial charge on any atom is 0.302 e. The van der Waals surface area contributed by atoms with E-state index in [9.17, 15) is 22.0 Å². The van der Waals surface area contributed by atoms with Gasteiger partial charge in [0.1, 0.15) is 22.3 Å². The van der Waals surface area contributed by atoms with Crippen molar-refractivity contribution in [2.75, 3.05) is 7.11 Å². The molecule has 8 nitrogen and oxygen atoms in total. The van der Waals surface area contributed by atoms with Crippen molar-refractivity contribution in [3.8, 4) is 17.1 Å². The topological polar surface area (TPSA) is 103 Å². The average molecular weight is 443 g/mol. The van der Waals surface area contributed by atoms with Gasteiger partial charge in [-0.3, -0.25) is 4.79 Å². The summed E-state index contributed by atoms with van der Waals surface area (Å²) in [5.74, 6) is -3.72. The molecule has 0 unspecified atom stereocenters. The van der Waals surface area contributed by atoms with Crippen LogP contribution in [-0.2, 0) is 17.1 Å². The Morgan fingerprint density at radius 1 is 1.21 bits per heavy atom. The van der Waals surface area contributed by atoms with Crippen LogP contribution in [0.3, 0.4) is 0 Å². The fourth-order valence-electron chi connectivity index (χ4n) is 2.44. The molecule has 1 N–H and O–H groups in total. The molecule has 0 fully saturated rings. The molecule has 3 aromatic rings. The van der Waals surface area contributed by atoms with E-state index in [1.807, 2.05) is 0 Å². The summed E-state index contributed by atoms with van der Waals surface area (Å²) in [5.41, 5.74) is -0.541. The Morgan fingerprint density at radius 3 is 2.48 bits per heavy atom. The third-order valence-electron chi connectivity index (χ3n) is 3.81. The summed E-state index contributed by atoms with van der Waals surface area (Å²) in [6, 6.07) is 7.04. The number of benzene rings is 2. The number of rotatable bonds is 5. The number of carbonyl (C=O) groups is 1. The smallest absolute Gasteiger partial charge is 0.302 e. The van der Waals surface area contributed by atoms with Crippen LogP contribution in [0.2, 0.25) is 5.02 Å². The van der Waals surface area contributed by atoms with Crippen molar-refractivity contribution in [2.24, 2.45) is 7.05 Å². The van der Waals surface area contributed by atoms with Crippen molar-refractivity contribution < 1.29 is 26.7 Å².